The summed E-state index contributed by atoms with van der Waals surface area (Å²) in [4.78, 5) is 0. The average molecular weight is 264 g/mol. The summed E-state index contributed by atoms with van der Waals surface area (Å²) in [6.45, 7) is 4.94. The van der Waals surface area contributed by atoms with Crippen molar-refractivity contribution in [2.45, 2.75) is 64.9 Å². The van der Waals surface area contributed by atoms with E-state index in [4.69, 9.17) is 4.74 Å². The summed E-state index contributed by atoms with van der Waals surface area (Å²) < 4.78 is 5.78. The second kappa shape index (κ2) is 9.85. The minimum absolute atomic E-state index is 0.0392. The Morgan fingerprint density at radius 1 is 1.00 bits per heavy atom. The molecule has 0 spiro atoms. The van der Waals surface area contributed by atoms with Crippen LogP contribution in [0.4, 0.5) is 0 Å². The molecule has 1 aromatic rings. The largest absolute Gasteiger partial charge is 0.508 e. The fourth-order valence-electron chi connectivity index (χ4n) is 2.40. The number of phenols is 1. The minimum atomic E-state index is 0.0392. The molecule has 1 aromatic carbocycles. The predicted molar refractivity (Wildman–Crippen MR) is 80.5 cm³/mol. The van der Waals surface area contributed by atoms with E-state index in [2.05, 4.69) is 6.92 Å². The van der Waals surface area contributed by atoms with Crippen LogP contribution >= 0.6 is 0 Å². The Morgan fingerprint density at radius 3 is 2.37 bits per heavy atom. The van der Waals surface area contributed by atoms with Crippen LogP contribution in [0.1, 0.15) is 70.5 Å². The molecule has 2 nitrogen and oxygen atoms in total. The van der Waals surface area contributed by atoms with Crippen molar-refractivity contribution in [2.75, 3.05) is 6.61 Å². The third kappa shape index (κ3) is 6.11. The van der Waals surface area contributed by atoms with Gasteiger partial charge in [0.2, 0.25) is 0 Å². The summed E-state index contributed by atoms with van der Waals surface area (Å²) in [5.74, 6) is 0.354. The van der Waals surface area contributed by atoms with Gasteiger partial charge in [0, 0.05) is 12.2 Å². The highest BCUT2D eigenvalue weighted by molar-refractivity contribution is 5.33. The summed E-state index contributed by atoms with van der Waals surface area (Å²) in [5.41, 5.74) is 0.929. The molecule has 108 valence electrons. The van der Waals surface area contributed by atoms with Crippen LogP contribution in [0.2, 0.25) is 0 Å². The maximum Gasteiger partial charge on any atom is 0.121 e. The summed E-state index contributed by atoms with van der Waals surface area (Å²) in [6.07, 6.45) is 8.75. The topological polar surface area (TPSA) is 29.5 Å². The molecule has 0 radical (unpaired) electrons. The third-order valence-corrected chi connectivity index (χ3v) is 3.47. The van der Waals surface area contributed by atoms with Crippen molar-refractivity contribution in [1.82, 2.24) is 0 Å². The quantitative estimate of drug-likeness (QED) is 0.587. The molecule has 0 aliphatic carbocycles. The van der Waals surface area contributed by atoms with Crippen molar-refractivity contribution >= 4 is 0 Å². The van der Waals surface area contributed by atoms with E-state index in [9.17, 15) is 5.11 Å². The van der Waals surface area contributed by atoms with E-state index in [1.165, 1.54) is 38.5 Å². The number of ether oxygens (including phenoxy) is 1. The Kier molecular flexibility index (Phi) is 8.31. The van der Waals surface area contributed by atoms with E-state index < -0.39 is 0 Å². The van der Waals surface area contributed by atoms with Gasteiger partial charge in [0.1, 0.15) is 5.75 Å². The lowest BCUT2D eigenvalue weighted by molar-refractivity contribution is 0.0525. The van der Waals surface area contributed by atoms with Crippen molar-refractivity contribution in [3.05, 3.63) is 29.8 Å². The van der Waals surface area contributed by atoms with Crippen molar-refractivity contribution in [3.63, 3.8) is 0 Å². The van der Waals surface area contributed by atoms with Crippen LogP contribution < -0.4 is 0 Å². The van der Waals surface area contributed by atoms with Crippen LogP contribution in [0.15, 0.2) is 24.3 Å². The molecule has 0 saturated heterocycles. The highest BCUT2D eigenvalue weighted by Crippen LogP contribution is 2.30. The van der Waals surface area contributed by atoms with E-state index in [1.807, 2.05) is 25.1 Å². The first-order valence-electron chi connectivity index (χ1n) is 7.69. The molecule has 0 bridgehead atoms. The summed E-state index contributed by atoms with van der Waals surface area (Å²) >= 11 is 0. The molecule has 0 aromatic heterocycles. The van der Waals surface area contributed by atoms with Gasteiger partial charge in [0.25, 0.3) is 0 Å². The van der Waals surface area contributed by atoms with Gasteiger partial charge in [0.15, 0.2) is 0 Å². The molecule has 1 rings (SSSR count). The maximum atomic E-state index is 9.90. The van der Waals surface area contributed by atoms with Gasteiger partial charge >= 0.3 is 0 Å². The molecular weight excluding hydrogens is 236 g/mol. The van der Waals surface area contributed by atoms with Gasteiger partial charge < -0.3 is 9.84 Å². The zero-order chi connectivity index (χ0) is 13.9. The van der Waals surface area contributed by atoms with Crippen molar-refractivity contribution in [1.29, 1.82) is 0 Å². The van der Waals surface area contributed by atoms with E-state index in [-0.39, 0.29) is 6.10 Å². The molecule has 0 fully saturated rings. The van der Waals surface area contributed by atoms with Crippen LogP contribution in [-0.2, 0) is 4.74 Å². The Labute approximate surface area is 117 Å². The zero-order valence-electron chi connectivity index (χ0n) is 12.4. The Balaban J connectivity index is 2.39. The van der Waals surface area contributed by atoms with Crippen LogP contribution in [0, 0.1) is 0 Å². The fourth-order valence-corrected chi connectivity index (χ4v) is 2.40. The molecule has 0 aliphatic heterocycles. The first-order valence-corrected chi connectivity index (χ1v) is 7.69. The molecular formula is C17H28O2. The van der Waals surface area contributed by atoms with Crippen LogP contribution in [-0.4, -0.2) is 11.7 Å². The van der Waals surface area contributed by atoms with E-state index in [1.54, 1.807) is 6.07 Å². The molecule has 0 amide bonds. The smallest absolute Gasteiger partial charge is 0.121 e. The Bertz CT molecular complexity index is 336. The van der Waals surface area contributed by atoms with Crippen LogP contribution in [0.25, 0.3) is 0 Å². The highest BCUT2D eigenvalue weighted by atomic mass is 16.5. The van der Waals surface area contributed by atoms with E-state index in [0.29, 0.717) is 12.4 Å². The lowest BCUT2D eigenvalue weighted by Crippen LogP contribution is -2.04. The number of phenolic OH excluding ortho intramolecular Hbond substituents is 1. The van der Waals surface area contributed by atoms with Gasteiger partial charge in [-0.25, -0.2) is 0 Å². The molecule has 1 atom stereocenters. The molecule has 0 aliphatic rings. The standard InChI is InChI=1S/C17H28O2/c1-3-5-6-7-8-9-14-17(19-4-2)15-12-10-11-13-16(15)18/h10-13,17-18H,3-9,14H2,1-2H3. The lowest BCUT2D eigenvalue weighted by atomic mass is 10.0. The fraction of sp³-hybridized carbons (Fsp3) is 0.647. The predicted octanol–water partition coefficient (Wildman–Crippen LogP) is 5.22. The summed E-state index contributed by atoms with van der Waals surface area (Å²) in [5, 5.41) is 9.90. The number of rotatable bonds is 10. The van der Waals surface area contributed by atoms with Crippen molar-refractivity contribution in [2.24, 2.45) is 0 Å². The zero-order valence-corrected chi connectivity index (χ0v) is 12.4. The second-order valence-corrected chi connectivity index (χ2v) is 5.06. The highest BCUT2D eigenvalue weighted by Gasteiger charge is 2.14. The molecule has 2 heteroatoms. The number of hydrogen-bond acceptors (Lipinski definition) is 2. The molecule has 0 heterocycles. The van der Waals surface area contributed by atoms with Gasteiger partial charge in [-0.1, -0.05) is 63.6 Å². The molecule has 0 saturated carbocycles. The molecule has 1 N–H and O–H groups in total. The number of para-hydroxylation sites is 1. The first kappa shape index (κ1) is 16.0. The lowest BCUT2D eigenvalue weighted by Gasteiger charge is -2.18. The molecule has 19 heavy (non-hydrogen) atoms. The second-order valence-electron chi connectivity index (χ2n) is 5.06. The third-order valence-electron chi connectivity index (χ3n) is 3.47. The number of unbranched alkanes of at least 4 members (excludes halogenated alkanes) is 5. The maximum absolute atomic E-state index is 9.90. The monoisotopic (exact) mass is 264 g/mol. The van der Waals surface area contributed by atoms with Gasteiger partial charge in [0.05, 0.1) is 6.10 Å². The van der Waals surface area contributed by atoms with Crippen molar-refractivity contribution in [3.8, 4) is 5.75 Å². The Morgan fingerprint density at radius 2 is 1.68 bits per heavy atom. The van der Waals surface area contributed by atoms with Crippen LogP contribution in [0.3, 0.4) is 0 Å². The van der Waals surface area contributed by atoms with Crippen LogP contribution in [0.5, 0.6) is 5.75 Å². The normalized spacial score (nSPS) is 12.5. The van der Waals surface area contributed by atoms with E-state index >= 15 is 0 Å². The van der Waals surface area contributed by atoms with Gasteiger partial charge in [-0.05, 0) is 19.4 Å². The Hall–Kier alpha value is -1.02. The SMILES string of the molecule is CCCCCCCCC(OCC)c1ccccc1O. The van der Waals surface area contributed by atoms with E-state index in [0.717, 1.165) is 12.0 Å². The number of aromatic hydroxyl groups is 1. The van der Waals surface area contributed by atoms with Crippen molar-refractivity contribution < 1.29 is 9.84 Å². The molecule has 1 unspecified atom stereocenters. The summed E-state index contributed by atoms with van der Waals surface area (Å²) in [6, 6.07) is 7.52. The van der Waals surface area contributed by atoms with Gasteiger partial charge in [-0.3, -0.25) is 0 Å². The average Bonchev–Trinajstić information content (AvgIpc) is 2.42. The van der Waals surface area contributed by atoms with Gasteiger partial charge in [-0.2, -0.15) is 0 Å². The number of benzene rings is 1. The van der Waals surface area contributed by atoms with Gasteiger partial charge in [-0.15, -0.1) is 0 Å². The number of hydrogen-bond donors (Lipinski definition) is 1. The minimum Gasteiger partial charge on any atom is -0.508 e. The summed E-state index contributed by atoms with van der Waals surface area (Å²) in [7, 11) is 0. The first-order chi connectivity index (χ1) is 9.29.